The van der Waals surface area contributed by atoms with E-state index in [-0.39, 0.29) is 0 Å². The van der Waals surface area contributed by atoms with Crippen LogP contribution < -0.4 is 0 Å². The third kappa shape index (κ3) is 4.87. The molecule has 0 aromatic rings. The van der Waals surface area contributed by atoms with Crippen molar-refractivity contribution in [2.45, 2.75) is 48.0 Å². The second kappa shape index (κ2) is 4.59. The number of hydrogen-bond donors (Lipinski definition) is 0. The normalized spacial score (nSPS) is 11.2. The topological polar surface area (TPSA) is 3.01 Å². The minimum atomic E-state index is 0.345. The minimum absolute atomic E-state index is 0.345. The molecule has 0 N–H and O–H groups in total. The van der Waals surface area contributed by atoms with Gasteiger partial charge in [0.25, 0.3) is 0 Å². The summed E-state index contributed by atoms with van der Waals surface area (Å²) in [6, 6.07) is 0. The summed E-state index contributed by atoms with van der Waals surface area (Å²) >= 11 is 0. The maximum Gasteiger partial charge on any atom is 0.179 e. The van der Waals surface area contributed by atoms with Crippen molar-refractivity contribution < 1.29 is 4.58 Å². The van der Waals surface area contributed by atoms with E-state index in [0.29, 0.717) is 5.41 Å². The van der Waals surface area contributed by atoms with Crippen LogP contribution in [0.25, 0.3) is 0 Å². The average Bonchev–Trinajstić information content (AvgIpc) is 1.96. The van der Waals surface area contributed by atoms with E-state index in [0.717, 1.165) is 13.0 Å². The molecule has 0 aromatic heterocycles. The van der Waals surface area contributed by atoms with E-state index >= 15 is 0 Å². The molecular weight excluding hydrogens is 158 g/mol. The highest BCUT2D eigenvalue weighted by atomic mass is 15.0. The fraction of sp³-hybridized carbons (Fsp3) is 0.750. The highest BCUT2D eigenvalue weighted by Crippen LogP contribution is 2.25. The van der Waals surface area contributed by atoms with Crippen molar-refractivity contribution in [1.29, 1.82) is 0 Å². The summed E-state index contributed by atoms with van der Waals surface area (Å²) in [5.74, 6) is 0. The highest BCUT2D eigenvalue weighted by Gasteiger charge is 2.20. The number of hydrogen-bond acceptors (Lipinski definition) is 0. The van der Waals surface area contributed by atoms with Crippen LogP contribution in [0.15, 0.2) is 11.3 Å². The van der Waals surface area contributed by atoms with E-state index < -0.39 is 0 Å². The zero-order valence-electron chi connectivity index (χ0n) is 10.1. The predicted octanol–water partition coefficient (Wildman–Crippen LogP) is 3.45. The summed E-state index contributed by atoms with van der Waals surface area (Å²) in [6.07, 6.45) is 1.10. The van der Waals surface area contributed by atoms with Crippen molar-refractivity contribution in [3.63, 3.8) is 0 Å². The summed E-state index contributed by atoms with van der Waals surface area (Å²) in [5, 5.41) is 0. The third-order valence-electron chi connectivity index (χ3n) is 2.04. The van der Waals surface area contributed by atoms with Gasteiger partial charge in [-0.25, -0.2) is 4.58 Å². The molecule has 0 radical (unpaired) electrons. The van der Waals surface area contributed by atoms with Crippen molar-refractivity contribution in [3.05, 3.63) is 11.3 Å². The molecule has 0 amide bonds. The molecule has 0 aromatic carbocycles. The molecule has 0 fully saturated rings. The zero-order chi connectivity index (χ0) is 10.6. The van der Waals surface area contributed by atoms with E-state index in [1.54, 1.807) is 0 Å². The molecule has 0 aliphatic heterocycles. The molecule has 0 rings (SSSR count). The van der Waals surface area contributed by atoms with E-state index in [4.69, 9.17) is 0 Å². The minimum Gasteiger partial charge on any atom is -0.209 e. The van der Waals surface area contributed by atoms with Crippen molar-refractivity contribution in [2.75, 3.05) is 6.54 Å². The van der Waals surface area contributed by atoms with Crippen LogP contribution in [0.3, 0.4) is 0 Å². The first-order valence-electron chi connectivity index (χ1n) is 5.02. The number of allylic oxidation sites excluding steroid dienone is 2. The summed E-state index contributed by atoms with van der Waals surface area (Å²) in [6.45, 7) is 18.3. The van der Waals surface area contributed by atoms with Crippen molar-refractivity contribution in [1.82, 2.24) is 0 Å². The molecule has 0 atom stereocenters. The smallest absolute Gasteiger partial charge is 0.179 e. The second-order valence-electron chi connectivity index (χ2n) is 5.04. The van der Waals surface area contributed by atoms with Gasteiger partial charge in [0.05, 0.1) is 0 Å². The maximum atomic E-state index is 4.04. The molecule has 1 nitrogen and oxygen atoms in total. The highest BCUT2D eigenvalue weighted by molar-refractivity contribution is 5.18. The van der Waals surface area contributed by atoms with Gasteiger partial charge in [-0.05, 0) is 31.8 Å². The molecule has 0 heterocycles. The van der Waals surface area contributed by atoms with Crippen LogP contribution in [0.2, 0.25) is 0 Å². The van der Waals surface area contributed by atoms with Gasteiger partial charge in [0.2, 0.25) is 0 Å². The Morgan fingerprint density at radius 2 is 1.69 bits per heavy atom. The molecule has 0 aliphatic rings. The Hall–Kier alpha value is -0.590. The quantitative estimate of drug-likeness (QED) is 0.464. The van der Waals surface area contributed by atoms with Crippen LogP contribution in [-0.2, 0) is 0 Å². The van der Waals surface area contributed by atoms with E-state index in [2.05, 4.69) is 52.8 Å². The van der Waals surface area contributed by atoms with E-state index in [1.807, 2.05) is 0 Å². The molecule has 0 saturated carbocycles. The monoisotopic (exact) mass is 182 g/mol. The second-order valence-corrected chi connectivity index (χ2v) is 5.04. The van der Waals surface area contributed by atoms with Crippen LogP contribution in [0.1, 0.15) is 48.0 Å². The summed E-state index contributed by atoms with van der Waals surface area (Å²) in [4.78, 5) is 0. The maximum absolute atomic E-state index is 4.04. The van der Waals surface area contributed by atoms with Gasteiger partial charge >= 0.3 is 0 Å². The van der Waals surface area contributed by atoms with Crippen LogP contribution in [0.4, 0.5) is 0 Å². The summed E-state index contributed by atoms with van der Waals surface area (Å²) in [7, 11) is 0. The lowest BCUT2D eigenvalue weighted by Crippen LogP contribution is -2.16. The Balaban J connectivity index is 4.68. The van der Waals surface area contributed by atoms with Gasteiger partial charge in [-0.3, -0.25) is 0 Å². The molecule has 13 heavy (non-hydrogen) atoms. The molecule has 0 unspecified atom stereocenters. The Morgan fingerprint density at radius 3 is 1.92 bits per heavy atom. The van der Waals surface area contributed by atoms with Gasteiger partial charge in [-0.2, -0.15) is 0 Å². The first-order chi connectivity index (χ1) is 5.78. The Bertz CT molecular complexity index is 212. The Labute approximate surface area is 83.2 Å². The fourth-order valence-electron chi connectivity index (χ4n) is 1.30. The predicted molar refractivity (Wildman–Crippen MR) is 60.4 cm³/mol. The van der Waals surface area contributed by atoms with Gasteiger partial charge in [-0.1, -0.05) is 20.8 Å². The van der Waals surface area contributed by atoms with Gasteiger partial charge in [-0.15, -0.1) is 0 Å². The fourth-order valence-corrected chi connectivity index (χ4v) is 1.30. The average molecular weight is 182 g/mol. The van der Waals surface area contributed by atoms with Gasteiger partial charge < -0.3 is 0 Å². The first kappa shape index (κ1) is 12.4. The molecular formula is C12H24N+. The Kier molecular flexibility index (Phi) is 4.38. The summed E-state index contributed by atoms with van der Waals surface area (Å²) in [5.41, 5.74) is 3.11. The van der Waals surface area contributed by atoms with E-state index in [1.165, 1.54) is 11.3 Å². The lowest BCUT2D eigenvalue weighted by Gasteiger charge is -2.18. The molecule has 76 valence electrons. The zero-order valence-corrected chi connectivity index (χ0v) is 10.1. The molecule has 0 aliphatic carbocycles. The standard InChI is InChI=1S/C12H24N/c1-8-13(7)11(10(2)3)9-12(4,5)6/h7-9H2,1-6H3/q+1. The SMILES string of the molecule is C=[N+](CC)C(CC(C)(C)C)=C(C)C. The number of rotatable bonds is 3. The lowest BCUT2D eigenvalue weighted by atomic mass is 9.89. The van der Waals surface area contributed by atoms with E-state index in [9.17, 15) is 0 Å². The van der Waals surface area contributed by atoms with Crippen LogP contribution in [0.5, 0.6) is 0 Å². The first-order valence-corrected chi connectivity index (χ1v) is 5.02. The van der Waals surface area contributed by atoms with Gasteiger partial charge in [0.1, 0.15) is 13.3 Å². The third-order valence-corrected chi connectivity index (χ3v) is 2.04. The lowest BCUT2D eigenvalue weighted by molar-refractivity contribution is -0.469. The van der Waals surface area contributed by atoms with Crippen LogP contribution >= 0.6 is 0 Å². The summed E-state index contributed by atoms with van der Waals surface area (Å²) < 4.78 is 2.10. The largest absolute Gasteiger partial charge is 0.209 e. The molecule has 0 spiro atoms. The number of nitrogens with zero attached hydrogens (tertiary/aromatic N) is 1. The molecule has 0 bridgehead atoms. The van der Waals surface area contributed by atoms with Crippen molar-refractivity contribution in [3.8, 4) is 0 Å². The van der Waals surface area contributed by atoms with Crippen LogP contribution in [0, 0.1) is 5.41 Å². The van der Waals surface area contributed by atoms with Crippen LogP contribution in [-0.4, -0.2) is 17.8 Å². The Morgan fingerprint density at radius 1 is 1.23 bits per heavy atom. The van der Waals surface area contributed by atoms with Gasteiger partial charge in [0, 0.05) is 6.42 Å². The molecule has 1 heteroatoms. The van der Waals surface area contributed by atoms with Crippen molar-refractivity contribution >= 4 is 6.72 Å². The van der Waals surface area contributed by atoms with Gasteiger partial charge in [0.15, 0.2) is 5.70 Å². The van der Waals surface area contributed by atoms with Crippen molar-refractivity contribution in [2.24, 2.45) is 5.41 Å². The molecule has 0 saturated heterocycles.